The number of piperidine rings is 3. The number of piperazine rings is 1. The number of nitrogens with one attached hydrogen (secondary N) is 2. The van der Waals surface area contributed by atoms with Crippen LogP contribution in [0, 0.1) is 34.8 Å². The first kappa shape index (κ1) is 52.8. The zero-order chi connectivity index (χ0) is 52.1. The maximum atomic E-state index is 16.4. The Kier molecular flexibility index (Phi) is 16.6. The van der Waals surface area contributed by atoms with Gasteiger partial charge in [-0.05, 0) is 124 Å². The van der Waals surface area contributed by atoms with Crippen molar-refractivity contribution >= 4 is 40.3 Å². The molecule has 4 aliphatic heterocycles. The molecule has 3 aromatic carbocycles. The van der Waals surface area contributed by atoms with Crippen molar-refractivity contribution in [2.75, 3.05) is 72.0 Å². The number of benzene rings is 3. The van der Waals surface area contributed by atoms with Crippen LogP contribution in [0.5, 0.6) is 0 Å². The van der Waals surface area contributed by atoms with Gasteiger partial charge in [0.25, 0.3) is 17.4 Å². The maximum absolute atomic E-state index is 16.4. The highest BCUT2D eigenvalue weighted by Crippen LogP contribution is 2.35. The van der Waals surface area contributed by atoms with Crippen LogP contribution in [-0.4, -0.2) is 142 Å². The number of aromatic nitrogens is 2. The van der Waals surface area contributed by atoms with Crippen LogP contribution < -0.4 is 10.9 Å². The second-order valence-corrected chi connectivity index (χ2v) is 22.8. The smallest absolute Gasteiger partial charge is 0.272 e. The van der Waals surface area contributed by atoms with Gasteiger partial charge in [0, 0.05) is 75.5 Å². The predicted molar refractivity (Wildman–Crippen MR) is 279 cm³/mol. The minimum absolute atomic E-state index is 0.00685. The summed E-state index contributed by atoms with van der Waals surface area (Å²) in [6.45, 7) is 11.3. The van der Waals surface area contributed by atoms with Gasteiger partial charge in [-0.3, -0.25) is 33.7 Å². The molecule has 5 fully saturated rings. The monoisotopic (exact) mass is 1020 g/mol. The summed E-state index contributed by atoms with van der Waals surface area (Å²) in [6, 6.07) is 15.9. The number of fused-ring (bicyclic) bond motifs is 1. The molecular weight excluding hydrogens is 943 g/mol. The second-order valence-electron chi connectivity index (χ2n) is 22.8. The molecule has 74 heavy (non-hydrogen) atoms. The van der Waals surface area contributed by atoms with Crippen LogP contribution in [0.3, 0.4) is 0 Å². The van der Waals surface area contributed by atoms with Crippen LogP contribution in [0.2, 0.25) is 0 Å². The molecule has 16 heteroatoms. The minimum Gasteiger partial charge on any atom is -0.342 e. The average molecular weight is 1020 g/mol. The van der Waals surface area contributed by atoms with Gasteiger partial charge in [0.1, 0.15) is 17.7 Å². The van der Waals surface area contributed by atoms with Gasteiger partial charge in [0.15, 0.2) is 0 Å². The summed E-state index contributed by atoms with van der Waals surface area (Å²) in [5, 5.41) is 11.0. The largest absolute Gasteiger partial charge is 0.342 e. The van der Waals surface area contributed by atoms with E-state index in [-0.39, 0.29) is 46.2 Å². The number of amides is 5. The summed E-state index contributed by atoms with van der Waals surface area (Å²) < 4.78 is 31.5. The van der Waals surface area contributed by atoms with E-state index >= 15 is 8.78 Å². The molecule has 0 spiro atoms. The summed E-state index contributed by atoms with van der Waals surface area (Å²) in [7, 11) is 0. The van der Waals surface area contributed by atoms with Gasteiger partial charge >= 0.3 is 0 Å². The van der Waals surface area contributed by atoms with Crippen LogP contribution in [0.4, 0.5) is 8.78 Å². The summed E-state index contributed by atoms with van der Waals surface area (Å²) in [5.74, 6) is -1.36. The number of nitrogens with zero attached hydrogens (tertiary/aromatic N) is 6. The number of H-pyrrole nitrogens is 1. The van der Waals surface area contributed by atoms with Crippen molar-refractivity contribution in [3.05, 3.63) is 111 Å². The van der Waals surface area contributed by atoms with Gasteiger partial charge in [0.2, 0.25) is 17.7 Å². The van der Waals surface area contributed by atoms with Gasteiger partial charge in [0.05, 0.1) is 28.8 Å². The summed E-state index contributed by atoms with van der Waals surface area (Å²) in [4.78, 5) is 90.3. The number of likely N-dealkylation sites (tertiary alicyclic amines) is 3. The van der Waals surface area contributed by atoms with E-state index in [0.29, 0.717) is 105 Å². The van der Waals surface area contributed by atoms with Gasteiger partial charge in [-0.2, -0.15) is 5.10 Å². The molecule has 4 saturated heterocycles. The fourth-order valence-corrected chi connectivity index (χ4v) is 12.4. The van der Waals surface area contributed by atoms with E-state index in [9.17, 15) is 28.8 Å². The Labute approximate surface area is 433 Å². The van der Waals surface area contributed by atoms with Crippen LogP contribution in [0.1, 0.15) is 141 Å². The van der Waals surface area contributed by atoms with Crippen molar-refractivity contribution in [1.82, 2.24) is 40.0 Å². The van der Waals surface area contributed by atoms with Gasteiger partial charge in [-0.1, -0.05) is 76.4 Å². The van der Waals surface area contributed by atoms with E-state index in [1.54, 1.807) is 46.2 Å². The van der Waals surface area contributed by atoms with E-state index < -0.39 is 34.9 Å². The van der Waals surface area contributed by atoms with Gasteiger partial charge in [-0.25, -0.2) is 13.9 Å². The SMILES string of the molecule is CC(C)(C)C(=O)N1CCCC(c2cccc(C(=O)N[C@@H](C(=O)N3CCC(CC4CCN(CC(=O)N5CCN(C(=O)c6cc(Cc7n[nH]c(=O)c8ccccc78)ccc6F)CC5)CC4)CC3)C3CCCCC3)c2F)C1. The third kappa shape index (κ3) is 12.2. The third-order valence-corrected chi connectivity index (χ3v) is 16.7. The lowest BCUT2D eigenvalue weighted by molar-refractivity contribution is -0.140. The number of hydrogen-bond acceptors (Lipinski definition) is 8. The maximum Gasteiger partial charge on any atom is 0.272 e. The summed E-state index contributed by atoms with van der Waals surface area (Å²) in [5.41, 5.74) is 0.849. The topological polar surface area (TPSA) is 159 Å². The van der Waals surface area contributed by atoms with Crippen molar-refractivity contribution in [1.29, 1.82) is 0 Å². The molecule has 1 aliphatic carbocycles. The number of carbonyl (C=O) groups is 5. The van der Waals surface area contributed by atoms with Gasteiger partial charge in [-0.15, -0.1) is 0 Å². The Morgan fingerprint density at radius 1 is 0.703 bits per heavy atom. The summed E-state index contributed by atoms with van der Waals surface area (Å²) in [6.07, 6.45) is 11.4. The minimum atomic E-state index is -0.718. The average Bonchev–Trinajstić information content (AvgIpc) is 3.41. The molecule has 1 aromatic heterocycles. The number of hydrogen-bond donors (Lipinski definition) is 2. The lowest BCUT2D eigenvalue weighted by Gasteiger charge is -2.39. The quantitative estimate of drug-likeness (QED) is 0.147. The lowest BCUT2D eigenvalue weighted by atomic mass is 9.81. The molecule has 4 aromatic rings. The Bertz CT molecular complexity index is 2750. The second kappa shape index (κ2) is 23.2. The number of aromatic amines is 1. The number of carbonyl (C=O) groups excluding carboxylic acids is 5. The zero-order valence-corrected chi connectivity index (χ0v) is 43.5. The highest BCUT2D eigenvalue weighted by molar-refractivity contribution is 5.98. The molecule has 14 nitrogen and oxygen atoms in total. The number of halogens is 2. The van der Waals surface area contributed by atoms with Crippen LogP contribution in [0.25, 0.3) is 10.8 Å². The van der Waals surface area contributed by atoms with Crippen molar-refractivity contribution in [2.45, 2.75) is 116 Å². The molecule has 9 rings (SSSR count). The third-order valence-electron chi connectivity index (χ3n) is 16.7. The van der Waals surface area contributed by atoms with E-state index in [4.69, 9.17) is 0 Å². The van der Waals surface area contributed by atoms with Crippen molar-refractivity contribution in [3.8, 4) is 0 Å². The molecule has 2 atom stereocenters. The van der Waals surface area contributed by atoms with E-state index in [2.05, 4.69) is 20.4 Å². The Morgan fingerprint density at radius 2 is 1.38 bits per heavy atom. The molecule has 5 aliphatic rings. The summed E-state index contributed by atoms with van der Waals surface area (Å²) >= 11 is 0. The predicted octanol–water partition coefficient (Wildman–Crippen LogP) is 7.55. The fourth-order valence-electron chi connectivity index (χ4n) is 12.4. The Morgan fingerprint density at radius 3 is 2.08 bits per heavy atom. The van der Waals surface area contributed by atoms with Crippen LogP contribution in [0.15, 0.2) is 65.5 Å². The van der Waals surface area contributed by atoms with Crippen LogP contribution >= 0.6 is 0 Å². The molecule has 396 valence electrons. The van der Waals surface area contributed by atoms with E-state index in [1.165, 1.54) is 12.1 Å². The van der Waals surface area contributed by atoms with Crippen LogP contribution in [-0.2, 0) is 20.8 Å². The standard InChI is InChI=1S/C58H74F2N8O6/c1-58(2,3)57(74)68-24-10-13-42(36-68)43-16-9-17-46(51(43)60)53(70)61-52(41-11-5-4-6-12-41)56(73)66-27-22-39(23-28-66)33-38-20-25-64(26-21-38)37-50(69)65-29-31-67(32-30-65)55(72)47-34-40(18-19-48(47)59)35-49-44-14-7-8-15-45(44)54(71)63-62-49/h7-9,14-19,34,38-39,41-42,52H,4-6,10-13,20-33,35-37H2,1-3H3,(H,61,70)(H,63,71)/t42?,52-/m1/s1. The fraction of sp³-hybridized carbons (Fsp3) is 0.569. The van der Waals surface area contributed by atoms with E-state index in [1.807, 2.05) is 42.7 Å². The van der Waals surface area contributed by atoms with Gasteiger partial charge < -0.3 is 24.9 Å². The lowest BCUT2D eigenvalue weighted by Crippen LogP contribution is -2.54. The molecule has 2 N–H and O–H groups in total. The Balaban J connectivity index is 0.717. The molecule has 0 radical (unpaired) electrons. The van der Waals surface area contributed by atoms with Crippen molar-refractivity contribution in [3.63, 3.8) is 0 Å². The molecule has 1 unspecified atom stereocenters. The highest BCUT2D eigenvalue weighted by atomic mass is 19.1. The normalized spacial score (nSPS) is 20.4. The molecule has 1 saturated carbocycles. The molecule has 5 heterocycles. The molecular formula is C58H74F2N8O6. The Hall–Kier alpha value is -6.03. The highest BCUT2D eigenvalue weighted by Gasteiger charge is 2.38. The first-order chi connectivity index (χ1) is 35.6. The first-order valence-corrected chi connectivity index (χ1v) is 27.3. The van der Waals surface area contributed by atoms with Crippen molar-refractivity contribution in [2.24, 2.45) is 23.2 Å². The van der Waals surface area contributed by atoms with E-state index in [0.717, 1.165) is 90.1 Å². The molecule has 5 amide bonds. The first-order valence-electron chi connectivity index (χ1n) is 27.3. The zero-order valence-electron chi connectivity index (χ0n) is 43.5. The number of rotatable bonds is 12. The molecule has 0 bridgehead atoms. The van der Waals surface area contributed by atoms with Crippen molar-refractivity contribution < 1.29 is 32.8 Å².